The molecule has 126 valence electrons. The summed E-state index contributed by atoms with van der Waals surface area (Å²) in [4.78, 5) is 30.4. The molecule has 6 heteroatoms. The smallest absolute Gasteiger partial charge is 0.308 e. The number of amides is 1. The van der Waals surface area contributed by atoms with E-state index in [2.05, 4.69) is 4.98 Å². The van der Waals surface area contributed by atoms with Gasteiger partial charge in [-0.05, 0) is 37.1 Å². The Balaban J connectivity index is 1.73. The van der Waals surface area contributed by atoms with E-state index in [1.54, 1.807) is 18.1 Å². The lowest BCUT2D eigenvalue weighted by atomic mass is 9.97. The van der Waals surface area contributed by atoms with E-state index in [9.17, 15) is 9.59 Å². The third kappa shape index (κ3) is 3.18. The van der Waals surface area contributed by atoms with Crippen LogP contribution in [0.2, 0.25) is 0 Å². The second kappa shape index (κ2) is 6.86. The van der Waals surface area contributed by atoms with Crippen molar-refractivity contribution in [3.05, 3.63) is 36.0 Å². The number of esters is 1. The summed E-state index contributed by atoms with van der Waals surface area (Å²) in [5, 5.41) is 0.926. The van der Waals surface area contributed by atoms with Crippen LogP contribution in [0.15, 0.2) is 30.3 Å². The average Bonchev–Trinajstić information content (AvgIpc) is 2.66. The Bertz CT molecular complexity index is 767. The summed E-state index contributed by atoms with van der Waals surface area (Å²) in [6.45, 7) is 1.09. The molecule has 24 heavy (non-hydrogen) atoms. The first-order valence-electron chi connectivity index (χ1n) is 7.94. The van der Waals surface area contributed by atoms with E-state index in [1.807, 2.05) is 24.3 Å². The molecule has 2 aromatic rings. The Morgan fingerprint density at radius 2 is 1.88 bits per heavy atom. The Morgan fingerprint density at radius 1 is 1.12 bits per heavy atom. The highest BCUT2D eigenvalue weighted by Gasteiger charge is 2.28. The number of carbonyl (C=O) groups is 2. The van der Waals surface area contributed by atoms with Crippen LogP contribution in [0.3, 0.4) is 0 Å². The summed E-state index contributed by atoms with van der Waals surface area (Å²) in [5.74, 6) is 0.347. The number of rotatable bonds is 3. The number of piperidine rings is 1. The van der Waals surface area contributed by atoms with Gasteiger partial charge in [0.1, 0.15) is 11.4 Å². The van der Waals surface area contributed by atoms with E-state index in [0.717, 1.165) is 16.7 Å². The van der Waals surface area contributed by atoms with Gasteiger partial charge in [0.05, 0.1) is 25.7 Å². The van der Waals surface area contributed by atoms with Crippen molar-refractivity contribution in [2.45, 2.75) is 12.8 Å². The summed E-state index contributed by atoms with van der Waals surface area (Å²) in [7, 11) is 3.01. The minimum Gasteiger partial charge on any atom is -0.497 e. The first-order chi connectivity index (χ1) is 11.6. The highest BCUT2D eigenvalue weighted by atomic mass is 16.5. The van der Waals surface area contributed by atoms with E-state index in [4.69, 9.17) is 9.47 Å². The summed E-state index contributed by atoms with van der Waals surface area (Å²) < 4.78 is 9.97. The number of ether oxygens (including phenoxy) is 2. The largest absolute Gasteiger partial charge is 0.497 e. The molecule has 1 saturated heterocycles. The monoisotopic (exact) mass is 328 g/mol. The molecule has 0 unspecified atom stereocenters. The van der Waals surface area contributed by atoms with Crippen molar-refractivity contribution in [3.8, 4) is 5.75 Å². The Hall–Kier alpha value is -2.63. The summed E-state index contributed by atoms with van der Waals surface area (Å²) >= 11 is 0. The van der Waals surface area contributed by atoms with Gasteiger partial charge in [-0.2, -0.15) is 0 Å². The van der Waals surface area contributed by atoms with Crippen LogP contribution in [0.25, 0.3) is 10.9 Å². The molecule has 0 bridgehead atoms. The number of benzene rings is 1. The predicted molar refractivity (Wildman–Crippen MR) is 88.9 cm³/mol. The second-order valence-corrected chi connectivity index (χ2v) is 5.84. The number of aromatic nitrogens is 1. The first kappa shape index (κ1) is 16.2. The van der Waals surface area contributed by atoms with Crippen molar-refractivity contribution in [1.29, 1.82) is 0 Å². The number of likely N-dealkylation sites (tertiary alicyclic amines) is 1. The zero-order valence-corrected chi connectivity index (χ0v) is 13.8. The van der Waals surface area contributed by atoms with Gasteiger partial charge in [-0.1, -0.05) is 6.07 Å². The fourth-order valence-electron chi connectivity index (χ4n) is 3.00. The maximum atomic E-state index is 12.6. The molecule has 3 rings (SSSR count). The van der Waals surface area contributed by atoms with Gasteiger partial charge in [0.25, 0.3) is 5.91 Å². The van der Waals surface area contributed by atoms with Gasteiger partial charge in [0.2, 0.25) is 0 Å². The molecule has 0 saturated carbocycles. The summed E-state index contributed by atoms with van der Waals surface area (Å²) in [5.41, 5.74) is 1.18. The fourth-order valence-corrected chi connectivity index (χ4v) is 3.00. The Labute approximate surface area is 140 Å². The third-order valence-corrected chi connectivity index (χ3v) is 4.43. The van der Waals surface area contributed by atoms with E-state index >= 15 is 0 Å². The number of pyridine rings is 1. The molecule has 1 aliphatic rings. The molecule has 1 fully saturated rings. The fraction of sp³-hybridized carbons (Fsp3) is 0.389. The molecule has 0 spiro atoms. The molecule has 2 heterocycles. The molecule has 1 amide bonds. The van der Waals surface area contributed by atoms with E-state index in [0.29, 0.717) is 31.6 Å². The van der Waals surface area contributed by atoms with Gasteiger partial charge >= 0.3 is 5.97 Å². The standard InChI is InChI=1S/C18H20N2O4/c1-23-14-4-6-15-13(11-14)3-5-16(19-15)17(21)20-9-7-12(8-10-20)18(22)24-2/h3-6,11-12H,7-10H2,1-2H3. The van der Waals surface area contributed by atoms with Gasteiger partial charge in [-0.25, -0.2) is 4.98 Å². The molecule has 1 aliphatic heterocycles. The van der Waals surface area contributed by atoms with Gasteiger partial charge in [0, 0.05) is 18.5 Å². The van der Waals surface area contributed by atoms with Crippen LogP contribution in [-0.4, -0.2) is 49.1 Å². The number of carbonyl (C=O) groups excluding carboxylic acids is 2. The predicted octanol–water partition coefficient (Wildman–Crippen LogP) is 2.27. The maximum Gasteiger partial charge on any atom is 0.308 e. The number of hydrogen-bond acceptors (Lipinski definition) is 5. The lowest BCUT2D eigenvalue weighted by molar-refractivity contribution is -0.146. The van der Waals surface area contributed by atoms with Crippen LogP contribution >= 0.6 is 0 Å². The van der Waals surface area contributed by atoms with Crippen LogP contribution in [0, 0.1) is 5.92 Å². The zero-order chi connectivity index (χ0) is 17.1. The third-order valence-electron chi connectivity index (χ3n) is 4.43. The lowest BCUT2D eigenvalue weighted by Crippen LogP contribution is -2.40. The zero-order valence-electron chi connectivity index (χ0n) is 13.8. The van der Waals surface area contributed by atoms with Crippen molar-refractivity contribution >= 4 is 22.8 Å². The van der Waals surface area contributed by atoms with Crippen LogP contribution < -0.4 is 4.74 Å². The highest BCUT2D eigenvalue weighted by molar-refractivity contribution is 5.95. The Kier molecular flexibility index (Phi) is 4.64. The minimum absolute atomic E-state index is 0.101. The normalized spacial score (nSPS) is 15.3. The molecule has 0 radical (unpaired) electrons. The topological polar surface area (TPSA) is 68.7 Å². The van der Waals surface area contributed by atoms with Crippen molar-refractivity contribution in [2.24, 2.45) is 5.92 Å². The van der Waals surface area contributed by atoms with Gasteiger partial charge < -0.3 is 14.4 Å². The van der Waals surface area contributed by atoms with Crippen molar-refractivity contribution < 1.29 is 19.1 Å². The molecule has 1 aromatic carbocycles. The van der Waals surface area contributed by atoms with Crippen LogP contribution in [-0.2, 0) is 9.53 Å². The van der Waals surface area contributed by atoms with E-state index in [-0.39, 0.29) is 17.8 Å². The first-order valence-corrected chi connectivity index (χ1v) is 7.94. The van der Waals surface area contributed by atoms with E-state index in [1.165, 1.54) is 7.11 Å². The van der Waals surface area contributed by atoms with E-state index < -0.39 is 0 Å². The van der Waals surface area contributed by atoms with Crippen LogP contribution in [0.5, 0.6) is 5.75 Å². The minimum atomic E-state index is -0.195. The molecule has 6 nitrogen and oxygen atoms in total. The number of fused-ring (bicyclic) bond motifs is 1. The van der Waals surface area contributed by atoms with Gasteiger partial charge in [0.15, 0.2) is 0 Å². The quantitative estimate of drug-likeness (QED) is 0.809. The van der Waals surface area contributed by atoms with Crippen LogP contribution in [0.1, 0.15) is 23.3 Å². The number of nitrogens with zero attached hydrogens (tertiary/aromatic N) is 2. The van der Waals surface area contributed by atoms with Gasteiger partial charge in [-0.15, -0.1) is 0 Å². The van der Waals surface area contributed by atoms with Crippen molar-refractivity contribution in [1.82, 2.24) is 9.88 Å². The molecule has 1 aromatic heterocycles. The number of methoxy groups -OCH3 is 2. The summed E-state index contributed by atoms with van der Waals surface area (Å²) in [6, 6.07) is 9.16. The van der Waals surface area contributed by atoms with Crippen molar-refractivity contribution in [3.63, 3.8) is 0 Å². The SMILES string of the molecule is COC(=O)C1CCN(C(=O)c2ccc3cc(OC)ccc3n2)CC1. The molecule has 0 aliphatic carbocycles. The molecule has 0 N–H and O–H groups in total. The molecular weight excluding hydrogens is 308 g/mol. The highest BCUT2D eigenvalue weighted by Crippen LogP contribution is 2.22. The Morgan fingerprint density at radius 3 is 2.54 bits per heavy atom. The average molecular weight is 328 g/mol. The molecular formula is C18H20N2O4. The second-order valence-electron chi connectivity index (χ2n) is 5.84. The van der Waals surface area contributed by atoms with Crippen molar-refractivity contribution in [2.75, 3.05) is 27.3 Å². The summed E-state index contributed by atoms with van der Waals surface area (Å²) in [6.07, 6.45) is 1.26. The molecule has 0 atom stereocenters. The van der Waals surface area contributed by atoms with Gasteiger partial charge in [-0.3, -0.25) is 9.59 Å². The van der Waals surface area contributed by atoms with Crippen LogP contribution in [0.4, 0.5) is 0 Å². The lowest BCUT2D eigenvalue weighted by Gasteiger charge is -2.30. The number of hydrogen-bond donors (Lipinski definition) is 0. The maximum absolute atomic E-state index is 12.6.